The fourth-order valence-electron chi connectivity index (χ4n) is 2.83. The van der Waals surface area contributed by atoms with Crippen LogP contribution in [0.15, 0.2) is 54.7 Å². The molecule has 2 heterocycles. The predicted molar refractivity (Wildman–Crippen MR) is 91.9 cm³/mol. The van der Waals surface area contributed by atoms with E-state index in [0.29, 0.717) is 16.9 Å². The van der Waals surface area contributed by atoms with Crippen LogP contribution in [0.2, 0.25) is 0 Å². The Balaban J connectivity index is 1.86. The molecule has 0 unspecified atom stereocenters. The van der Waals surface area contributed by atoms with Gasteiger partial charge < -0.3 is 10.7 Å². The van der Waals surface area contributed by atoms with Crippen molar-refractivity contribution in [2.75, 3.05) is 0 Å². The number of carbonyl (C=O) groups excluding carboxylic acids is 1. The Morgan fingerprint density at radius 2 is 1.92 bits per heavy atom. The van der Waals surface area contributed by atoms with Crippen LogP contribution in [-0.2, 0) is 0 Å². The number of nitrogens with two attached hydrogens (primary N) is 1. The number of para-hydroxylation sites is 2. The molecule has 0 fully saturated rings. The Hall–Kier alpha value is -3.41. The van der Waals surface area contributed by atoms with Crippen molar-refractivity contribution >= 4 is 16.9 Å². The van der Waals surface area contributed by atoms with E-state index in [-0.39, 0.29) is 0 Å². The standard InChI is InChI=1S/C18H15N5O/c1-11-14(10-20-23(11)12-6-3-2-4-7-12)18-21-15-9-5-8-13(17(19)24)16(15)22-18/h2-10H,1H3,(H2,19,24)(H,21,22). The molecule has 118 valence electrons. The topological polar surface area (TPSA) is 89.6 Å². The highest BCUT2D eigenvalue weighted by atomic mass is 16.1. The molecular formula is C18H15N5O. The zero-order valence-electron chi connectivity index (χ0n) is 13.0. The van der Waals surface area contributed by atoms with Gasteiger partial charge in [-0.1, -0.05) is 24.3 Å². The summed E-state index contributed by atoms with van der Waals surface area (Å²) in [6, 6.07) is 15.2. The number of imidazole rings is 1. The first kappa shape index (κ1) is 14.2. The molecule has 0 spiro atoms. The molecular weight excluding hydrogens is 302 g/mol. The molecule has 0 saturated heterocycles. The first-order valence-electron chi connectivity index (χ1n) is 7.54. The summed E-state index contributed by atoms with van der Waals surface area (Å²) < 4.78 is 1.86. The average molecular weight is 317 g/mol. The molecule has 6 heteroatoms. The van der Waals surface area contributed by atoms with E-state index in [2.05, 4.69) is 15.1 Å². The van der Waals surface area contributed by atoms with Crippen LogP contribution < -0.4 is 5.73 Å². The number of fused-ring (bicyclic) bond motifs is 1. The summed E-state index contributed by atoms with van der Waals surface area (Å²) in [6.07, 6.45) is 1.77. The van der Waals surface area contributed by atoms with Gasteiger partial charge in [0.2, 0.25) is 0 Å². The first-order valence-corrected chi connectivity index (χ1v) is 7.54. The predicted octanol–water partition coefficient (Wildman–Crippen LogP) is 2.82. The molecule has 2 aromatic heterocycles. The minimum atomic E-state index is -0.490. The van der Waals surface area contributed by atoms with Crippen LogP contribution >= 0.6 is 0 Å². The van der Waals surface area contributed by atoms with Crippen LogP contribution in [0.1, 0.15) is 16.1 Å². The quantitative estimate of drug-likeness (QED) is 0.609. The lowest BCUT2D eigenvalue weighted by molar-refractivity contribution is 0.100. The lowest BCUT2D eigenvalue weighted by Crippen LogP contribution is -2.11. The van der Waals surface area contributed by atoms with Gasteiger partial charge in [-0.15, -0.1) is 0 Å². The molecule has 0 aliphatic heterocycles. The number of primary amides is 1. The number of carbonyl (C=O) groups is 1. The number of H-pyrrole nitrogens is 1. The van der Waals surface area contributed by atoms with Crippen LogP contribution in [0, 0.1) is 6.92 Å². The number of nitrogens with zero attached hydrogens (tertiary/aromatic N) is 3. The highest BCUT2D eigenvalue weighted by molar-refractivity contribution is 6.04. The monoisotopic (exact) mass is 317 g/mol. The summed E-state index contributed by atoms with van der Waals surface area (Å²) in [5, 5.41) is 4.46. The molecule has 0 aliphatic rings. The molecule has 0 saturated carbocycles. The number of hydrogen-bond donors (Lipinski definition) is 2. The maximum atomic E-state index is 11.6. The largest absolute Gasteiger partial charge is 0.366 e. The van der Waals surface area contributed by atoms with E-state index in [4.69, 9.17) is 5.73 Å². The summed E-state index contributed by atoms with van der Waals surface area (Å²) >= 11 is 0. The minimum absolute atomic E-state index is 0.406. The Morgan fingerprint density at radius 3 is 2.67 bits per heavy atom. The molecule has 3 N–H and O–H groups in total. The highest BCUT2D eigenvalue weighted by Crippen LogP contribution is 2.26. The molecule has 24 heavy (non-hydrogen) atoms. The van der Waals surface area contributed by atoms with Gasteiger partial charge in [0.1, 0.15) is 11.3 Å². The molecule has 0 bridgehead atoms. The van der Waals surface area contributed by atoms with E-state index in [1.807, 2.05) is 48.0 Å². The van der Waals surface area contributed by atoms with Crippen molar-refractivity contribution in [2.24, 2.45) is 5.73 Å². The van der Waals surface area contributed by atoms with Crippen LogP contribution in [0.3, 0.4) is 0 Å². The molecule has 6 nitrogen and oxygen atoms in total. The van der Waals surface area contributed by atoms with Crippen molar-refractivity contribution < 1.29 is 4.79 Å². The third-order valence-electron chi connectivity index (χ3n) is 4.04. The normalized spacial score (nSPS) is 11.0. The van der Waals surface area contributed by atoms with Crippen molar-refractivity contribution in [3.05, 3.63) is 66.0 Å². The van der Waals surface area contributed by atoms with E-state index < -0.39 is 5.91 Å². The Bertz CT molecular complexity index is 1050. The van der Waals surface area contributed by atoms with Crippen molar-refractivity contribution in [2.45, 2.75) is 6.92 Å². The summed E-state index contributed by atoms with van der Waals surface area (Å²) in [5.74, 6) is 0.175. The van der Waals surface area contributed by atoms with Crippen LogP contribution in [0.5, 0.6) is 0 Å². The zero-order valence-corrected chi connectivity index (χ0v) is 13.0. The van der Waals surface area contributed by atoms with Crippen molar-refractivity contribution in [3.63, 3.8) is 0 Å². The Morgan fingerprint density at radius 1 is 1.12 bits per heavy atom. The van der Waals surface area contributed by atoms with Gasteiger partial charge in [0, 0.05) is 0 Å². The Labute approximate surface area is 137 Å². The van der Waals surface area contributed by atoms with Crippen LogP contribution in [-0.4, -0.2) is 25.7 Å². The number of benzene rings is 2. The fourth-order valence-corrected chi connectivity index (χ4v) is 2.83. The highest BCUT2D eigenvalue weighted by Gasteiger charge is 2.16. The van der Waals surface area contributed by atoms with Gasteiger partial charge in [0.05, 0.1) is 34.2 Å². The third-order valence-corrected chi connectivity index (χ3v) is 4.04. The lowest BCUT2D eigenvalue weighted by Gasteiger charge is -2.04. The van der Waals surface area contributed by atoms with Gasteiger partial charge in [-0.2, -0.15) is 5.10 Å². The third kappa shape index (κ3) is 2.16. The number of aromatic nitrogens is 4. The SMILES string of the molecule is Cc1c(-c2nc3c(C(N)=O)cccc3[nH]2)cnn1-c1ccccc1. The first-order chi connectivity index (χ1) is 11.6. The Kier molecular flexibility index (Phi) is 3.16. The van der Waals surface area contributed by atoms with Crippen molar-refractivity contribution in [1.29, 1.82) is 0 Å². The second kappa shape index (κ2) is 5.34. The van der Waals surface area contributed by atoms with Gasteiger partial charge in [0.15, 0.2) is 0 Å². The van der Waals surface area contributed by atoms with Crippen molar-refractivity contribution in [1.82, 2.24) is 19.7 Å². The fraction of sp³-hybridized carbons (Fsp3) is 0.0556. The molecule has 0 radical (unpaired) electrons. The second-order valence-electron chi connectivity index (χ2n) is 5.54. The number of aromatic amines is 1. The molecule has 2 aromatic carbocycles. The van der Waals surface area contributed by atoms with E-state index in [0.717, 1.165) is 22.5 Å². The number of hydrogen-bond acceptors (Lipinski definition) is 3. The van der Waals surface area contributed by atoms with Crippen LogP contribution in [0.4, 0.5) is 0 Å². The minimum Gasteiger partial charge on any atom is -0.366 e. The number of nitrogens with one attached hydrogen (secondary N) is 1. The van der Waals surface area contributed by atoms with E-state index in [9.17, 15) is 4.79 Å². The van der Waals surface area contributed by atoms with E-state index in [1.54, 1.807) is 18.3 Å². The maximum absolute atomic E-state index is 11.6. The van der Waals surface area contributed by atoms with E-state index >= 15 is 0 Å². The lowest BCUT2D eigenvalue weighted by atomic mass is 10.2. The van der Waals surface area contributed by atoms with Gasteiger partial charge in [-0.25, -0.2) is 9.67 Å². The average Bonchev–Trinajstić information content (AvgIpc) is 3.18. The second-order valence-corrected chi connectivity index (χ2v) is 5.54. The van der Waals surface area contributed by atoms with Crippen molar-refractivity contribution in [3.8, 4) is 17.1 Å². The van der Waals surface area contributed by atoms with E-state index in [1.165, 1.54) is 0 Å². The molecule has 1 amide bonds. The molecule has 4 aromatic rings. The van der Waals surface area contributed by atoms with Crippen LogP contribution in [0.25, 0.3) is 28.1 Å². The van der Waals surface area contributed by atoms with Gasteiger partial charge in [-0.3, -0.25) is 4.79 Å². The smallest absolute Gasteiger partial charge is 0.250 e. The molecule has 0 aliphatic carbocycles. The molecule has 0 atom stereocenters. The number of amides is 1. The number of rotatable bonds is 3. The molecule has 4 rings (SSSR count). The van der Waals surface area contributed by atoms with Gasteiger partial charge in [0.25, 0.3) is 5.91 Å². The maximum Gasteiger partial charge on any atom is 0.250 e. The summed E-state index contributed by atoms with van der Waals surface area (Å²) in [4.78, 5) is 19.4. The summed E-state index contributed by atoms with van der Waals surface area (Å²) in [7, 11) is 0. The van der Waals surface area contributed by atoms with Gasteiger partial charge >= 0.3 is 0 Å². The zero-order chi connectivity index (χ0) is 16.7. The summed E-state index contributed by atoms with van der Waals surface area (Å²) in [6.45, 7) is 1.98. The summed E-state index contributed by atoms with van der Waals surface area (Å²) in [5.41, 5.74) is 10.0. The van der Waals surface area contributed by atoms with Gasteiger partial charge in [-0.05, 0) is 31.2 Å².